The summed E-state index contributed by atoms with van der Waals surface area (Å²) >= 11 is 0. The van der Waals surface area contributed by atoms with E-state index in [2.05, 4.69) is 9.47 Å². The predicted molar refractivity (Wildman–Crippen MR) is 49.0 cm³/mol. The Balaban J connectivity index is 4.13. The van der Waals surface area contributed by atoms with E-state index in [1.54, 1.807) is 6.92 Å². The number of hydrogen-bond donors (Lipinski definition) is 1. The summed E-state index contributed by atoms with van der Waals surface area (Å²) in [4.78, 5) is 32.5. The van der Waals surface area contributed by atoms with E-state index in [0.717, 1.165) is 7.11 Å². The van der Waals surface area contributed by atoms with Gasteiger partial charge in [-0.2, -0.15) is 0 Å². The highest BCUT2D eigenvalue weighted by molar-refractivity contribution is 5.94. The van der Waals surface area contributed by atoms with E-state index in [1.165, 1.54) is 0 Å². The van der Waals surface area contributed by atoms with E-state index in [9.17, 15) is 14.4 Å². The third-order valence-corrected chi connectivity index (χ3v) is 1.73. The average molecular weight is 218 g/mol. The first-order valence-electron chi connectivity index (χ1n) is 4.49. The van der Waals surface area contributed by atoms with Crippen LogP contribution in [0.3, 0.4) is 0 Å². The lowest BCUT2D eigenvalue weighted by Crippen LogP contribution is -2.26. The first-order valence-corrected chi connectivity index (χ1v) is 4.49. The molecule has 0 spiro atoms. The number of carbonyl (C=O) groups is 3. The Hall–Kier alpha value is -1.59. The zero-order valence-electron chi connectivity index (χ0n) is 8.69. The Morgan fingerprint density at radius 3 is 2.33 bits per heavy atom. The molecule has 86 valence electrons. The fraction of sp³-hybridized carbons (Fsp3) is 0.667. The molecule has 0 bridgehead atoms. The summed E-state index contributed by atoms with van der Waals surface area (Å²) in [5.41, 5.74) is 0. The molecule has 0 aliphatic carbocycles. The Morgan fingerprint density at radius 1 is 1.33 bits per heavy atom. The summed E-state index contributed by atoms with van der Waals surface area (Å²) in [5.74, 6) is -3.98. The molecule has 0 fully saturated rings. The highest BCUT2D eigenvalue weighted by atomic mass is 16.5. The fourth-order valence-electron chi connectivity index (χ4n) is 0.980. The van der Waals surface area contributed by atoms with Crippen molar-refractivity contribution in [2.75, 3.05) is 13.7 Å². The molecule has 1 unspecified atom stereocenters. The minimum Gasteiger partial charge on any atom is -0.481 e. The van der Waals surface area contributed by atoms with Gasteiger partial charge in [0.1, 0.15) is 0 Å². The molecular weight excluding hydrogens is 204 g/mol. The molecule has 0 radical (unpaired) electrons. The van der Waals surface area contributed by atoms with Gasteiger partial charge in [-0.05, 0) is 13.3 Å². The molecule has 1 atom stereocenters. The SMILES string of the molecule is CCOC(=O)CCC(C(=O)O)C(=O)OC. The molecule has 0 saturated carbocycles. The van der Waals surface area contributed by atoms with Crippen LogP contribution in [0.25, 0.3) is 0 Å². The van der Waals surface area contributed by atoms with Crippen molar-refractivity contribution < 1.29 is 29.0 Å². The molecule has 6 nitrogen and oxygen atoms in total. The number of esters is 2. The molecule has 0 aromatic carbocycles. The molecule has 0 aliphatic heterocycles. The van der Waals surface area contributed by atoms with Crippen LogP contribution in [0.5, 0.6) is 0 Å². The molecule has 6 heteroatoms. The van der Waals surface area contributed by atoms with Crippen LogP contribution in [0.4, 0.5) is 0 Å². The number of carboxylic acid groups (broad SMARTS) is 1. The number of aliphatic carboxylic acids is 1. The van der Waals surface area contributed by atoms with Gasteiger partial charge >= 0.3 is 17.9 Å². The van der Waals surface area contributed by atoms with Crippen molar-refractivity contribution in [3.63, 3.8) is 0 Å². The van der Waals surface area contributed by atoms with Crippen molar-refractivity contribution in [1.82, 2.24) is 0 Å². The normalized spacial score (nSPS) is 11.6. The third-order valence-electron chi connectivity index (χ3n) is 1.73. The zero-order chi connectivity index (χ0) is 11.8. The summed E-state index contributed by atoms with van der Waals surface area (Å²) in [6, 6.07) is 0. The summed E-state index contributed by atoms with van der Waals surface area (Å²) in [5, 5.41) is 8.66. The first kappa shape index (κ1) is 13.4. The van der Waals surface area contributed by atoms with Crippen molar-refractivity contribution in [3.05, 3.63) is 0 Å². The largest absolute Gasteiger partial charge is 0.481 e. The van der Waals surface area contributed by atoms with Crippen LogP contribution in [-0.4, -0.2) is 36.7 Å². The van der Waals surface area contributed by atoms with Crippen molar-refractivity contribution >= 4 is 17.9 Å². The number of carboxylic acids is 1. The number of rotatable bonds is 6. The van der Waals surface area contributed by atoms with E-state index < -0.39 is 23.8 Å². The second-order valence-corrected chi connectivity index (χ2v) is 2.76. The van der Waals surface area contributed by atoms with E-state index >= 15 is 0 Å². The number of ether oxygens (including phenoxy) is 2. The second kappa shape index (κ2) is 6.80. The summed E-state index contributed by atoms with van der Waals surface area (Å²) in [7, 11) is 1.10. The van der Waals surface area contributed by atoms with Crippen molar-refractivity contribution in [3.8, 4) is 0 Å². The van der Waals surface area contributed by atoms with Crippen LogP contribution < -0.4 is 0 Å². The zero-order valence-corrected chi connectivity index (χ0v) is 8.69. The maximum atomic E-state index is 11.0. The maximum absolute atomic E-state index is 11.0. The maximum Gasteiger partial charge on any atom is 0.320 e. The molecule has 0 rings (SSSR count). The number of methoxy groups -OCH3 is 1. The highest BCUT2D eigenvalue weighted by Gasteiger charge is 2.27. The van der Waals surface area contributed by atoms with Crippen LogP contribution in [0.1, 0.15) is 19.8 Å². The van der Waals surface area contributed by atoms with Gasteiger partial charge in [0.15, 0.2) is 5.92 Å². The van der Waals surface area contributed by atoms with Crippen LogP contribution in [0.2, 0.25) is 0 Å². The Morgan fingerprint density at radius 2 is 1.93 bits per heavy atom. The number of hydrogen-bond acceptors (Lipinski definition) is 5. The van der Waals surface area contributed by atoms with Gasteiger partial charge in [-0.25, -0.2) is 0 Å². The van der Waals surface area contributed by atoms with Gasteiger partial charge in [0.05, 0.1) is 13.7 Å². The minimum absolute atomic E-state index is 0.110. The molecule has 1 N–H and O–H groups in total. The van der Waals surface area contributed by atoms with Gasteiger partial charge in [-0.15, -0.1) is 0 Å². The van der Waals surface area contributed by atoms with E-state index in [1.807, 2.05) is 0 Å². The van der Waals surface area contributed by atoms with Gasteiger partial charge in [-0.1, -0.05) is 0 Å². The molecule has 0 saturated heterocycles. The molecule has 0 aromatic heterocycles. The lowest BCUT2D eigenvalue weighted by atomic mass is 10.0. The van der Waals surface area contributed by atoms with E-state index in [-0.39, 0.29) is 19.4 Å². The van der Waals surface area contributed by atoms with E-state index in [4.69, 9.17) is 5.11 Å². The van der Waals surface area contributed by atoms with Crippen LogP contribution >= 0.6 is 0 Å². The van der Waals surface area contributed by atoms with Gasteiger partial charge in [-0.3, -0.25) is 14.4 Å². The summed E-state index contributed by atoms with van der Waals surface area (Å²) < 4.78 is 8.90. The van der Waals surface area contributed by atoms with E-state index in [0.29, 0.717) is 0 Å². The van der Waals surface area contributed by atoms with Gasteiger partial charge in [0.25, 0.3) is 0 Å². The third kappa shape index (κ3) is 4.99. The van der Waals surface area contributed by atoms with Crippen molar-refractivity contribution in [1.29, 1.82) is 0 Å². The van der Waals surface area contributed by atoms with Gasteiger partial charge < -0.3 is 14.6 Å². The predicted octanol–water partition coefficient (Wildman–Crippen LogP) is 0.203. The lowest BCUT2D eigenvalue weighted by Gasteiger charge is -2.08. The smallest absolute Gasteiger partial charge is 0.320 e. The Bertz CT molecular complexity index is 247. The molecule has 15 heavy (non-hydrogen) atoms. The lowest BCUT2D eigenvalue weighted by molar-refractivity contribution is -0.157. The molecule has 0 aromatic rings. The van der Waals surface area contributed by atoms with Crippen LogP contribution in [-0.2, 0) is 23.9 Å². The standard InChI is InChI=1S/C9H14O6/c1-3-15-7(10)5-4-6(8(11)12)9(13)14-2/h6H,3-5H2,1-2H3,(H,11,12). The Labute approximate surface area is 87.2 Å². The molecule has 0 aliphatic rings. The highest BCUT2D eigenvalue weighted by Crippen LogP contribution is 2.09. The fourth-order valence-corrected chi connectivity index (χ4v) is 0.980. The second-order valence-electron chi connectivity index (χ2n) is 2.76. The number of carbonyl (C=O) groups excluding carboxylic acids is 2. The molecular formula is C9H14O6. The van der Waals surface area contributed by atoms with Crippen LogP contribution in [0.15, 0.2) is 0 Å². The van der Waals surface area contributed by atoms with Gasteiger partial charge in [0, 0.05) is 6.42 Å². The molecule has 0 heterocycles. The summed E-state index contributed by atoms with van der Waals surface area (Å²) in [6.45, 7) is 1.88. The van der Waals surface area contributed by atoms with Crippen LogP contribution in [0, 0.1) is 5.92 Å². The topological polar surface area (TPSA) is 89.9 Å². The quantitative estimate of drug-likeness (QED) is 0.506. The molecule has 0 amide bonds. The van der Waals surface area contributed by atoms with Crippen molar-refractivity contribution in [2.24, 2.45) is 5.92 Å². The first-order chi connectivity index (χ1) is 7.02. The van der Waals surface area contributed by atoms with Gasteiger partial charge in [0.2, 0.25) is 0 Å². The van der Waals surface area contributed by atoms with Crippen molar-refractivity contribution in [2.45, 2.75) is 19.8 Å². The Kier molecular flexibility index (Phi) is 6.08. The average Bonchev–Trinajstić information content (AvgIpc) is 2.17. The monoisotopic (exact) mass is 218 g/mol. The minimum atomic E-state index is -1.31. The summed E-state index contributed by atoms with van der Waals surface area (Å²) in [6.07, 6.45) is -0.221.